The first-order chi connectivity index (χ1) is 8.08. The van der Waals surface area contributed by atoms with E-state index in [4.69, 9.17) is 5.73 Å². The lowest BCUT2D eigenvalue weighted by molar-refractivity contribution is 0.283. The SMILES string of the molecule is CN(C1CCCCC1)S(=O)(=O)NC/C=C/CN. The molecule has 0 heterocycles. The minimum absolute atomic E-state index is 0.153. The Bertz CT molecular complexity index is 335. The van der Waals surface area contributed by atoms with E-state index in [1.165, 1.54) is 10.7 Å². The lowest BCUT2D eigenvalue weighted by Crippen LogP contribution is -2.44. The third-order valence-corrected chi connectivity index (χ3v) is 4.74. The second-order valence-electron chi connectivity index (χ2n) is 4.37. The van der Waals surface area contributed by atoms with Gasteiger partial charge in [0.25, 0.3) is 10.2 Å². The van der Waals surface area contributed by atoms with Crippen LogP contribution in [0, 0.1) is 0 Å². The Labute approximate surface area is 104 Å². The van der Waals surface area contributed by atoms with Crippen molar-refractivity contribution in [2.75, 3.05) is 20.1 Å². The molecule has 1 saturated carbocycles. The summed E-state index contributed by atoms with van der Waals surface area (Å²) in [5.74, 6) is 0. The standard InChI is InChI=1S/C11H23N3O2S/c1-14(11-7-3-2-4-8-11)17(15,16)13-10-6-5-9-12/h5-6,11,13H,2-4,7-10,12H2,1H3/b6-5+. The molecule has 0 radical (unpaired) electrons. The number of rotatable bonds is 6. The van der Waals surface area contributed by atoms with Gasteiger partial charge in [0.05, 0.1) is 0 Å². The molecule has 0 aromatic rings. The first kappa shape index (κ1) is 14.6. The van der Waals surface area contributed by atoms with Crippen LogP contribution in [0.15, 0.2) is 12.2 Å². The Hall–Kier alpha value is -0.430. The molecule has 0 unspecified atom stereocenters. The maximum absolute atomic E-state index is 11.9. The third-order valence-electron chi connectivity index (χ3n) is 3.15. The first-order valence-corrected chi connectivity index (χ1v) is 7.59. The molecular weight excluding hydrogens is 238 g/mol. The van der Waals surface area contributed by atoms with E-state index in [2.05, 4.69) is 4.72 Å². The fourth-order valence-corrected chi connectivity index (χ4v) is 3.19. The predicted molar refractivity (Wildman–Crippen MR) is 69.8 cm³/mol. The van der Waals surface area contributed by atoms with Crippen molar-refractivity contribution < 1.29 is 8.42 Å². The van der Waals surface area contributed by atoms with Gasteiger partial charge in [0.2, 0.25) is 0 Å². The molecule has 1 aliphatic carbocycles. The summed E-state index contributed by atoms with van der Waals surface area (Å²) in [5.41, 5.74) is 5.28. The summed E-state index contributed by atoms with van der Waals surface area (Å²) in [5, 5.41) is 0. The van der Waals surface area contributed by atoms with Crippen LogP contribution in [0.5, 0.6) is 0 Å². The molecule has 0 saturated heterocycles. The van der Waals surface area contributed by atoms with Gasteiger partial charge in [-0.1, -0.05) is 31.4 Å². The van der Waals surface area contributed by atoms with Gasteiger partial charge in [-0.3, -0.25) is 0 Å². The molecule has 0 amide bonds. The largest absolute Gasteiger partial charge is 0.327 e. The first-order valence-electron chi connectivity index (χ1n) is 6.15. The quantitative estimate of drug-likeness (QED) is 0.688. The highest BCUT2D eigenvalue weighted by Crippen LogP contribution is 2.22. The van der Waals surface area contributed by atoms with Gasteiger partial charge in [-0.15, -0.1) is 0 Å². The van der Waals surface area contributed by atoms with Crippen LogP contribution >= 0.6 is 0 Å². The predicted octanol–water partition coefficient (Wildman–Crippen LogP) is 0.600. The van der Waals surface area contributed by atoms with E-state index in [0.717, 1.165) is 25.7 Å². The molecule has 0 aromatic heterocycles. The normalized spacial score (nSPS) is 19.2. The van der Waals surface area contributed by atoms with E-state index in [1.807, 2.05) is 0 Å². The molecule has 3 N–H and O–H groups in total. The number of hydrogen-bond donors (Lipinski definition) is 2. The zero-order valence-electron chi connectivity index (χ0n) is 10.4. The second kappa shape index (κ2) is 7.10. The number of nitrogens with two attached hydrogens (primary N) is 1. The zero-order valence-corrected chi connectivity index (χ0v) is 11.2. The maximum atomic E-state index is 11.9. The molecular formula is C11H23N3O2S. The van der Waals surface area contributed by atoms with Gasteiger partial charge in [0.15, 0.2) is 0 Å². The van der Waals surface area contributed by atoms with Crippen molar-refractivity contribution in [2.24, 2.45) is 5.73 Å². The average Bonchev–Trinajstić information content (AvgIpc) is 2.35. The number of hydrogen-bond acceptors (Lipinski definition) is 3. The summed E-state index contributed by atoms with van der Waals surface area (Å²) >= 11 is 0. The summed E-state index contributed by atoms with van der Waals surface area (Å²) in [7, 11) is -1.69. The molecule has 0 spiro atoms. The molecule has 6 heteroatoms. The Morgan fingerprint density at radius 1 is 1.29 bits per heavy atom. The average molecular weight is 261 g/mol. The Morgan fingerprint density at radius 2 is 1.94 bits per heavy atom. The molecule has 0 aliphatic heterocycles. The van der Waals surface area contributed by atoms with Crippen LogP contribution in [-0.4, -0.2) is 38.9 Å². The van der Waals surface area contributed by atoms with E-state index >= 15 is 0 Å². The smallest absolute Gasteiger partial charge is 0.279 e. The van der Waals surface area contributed by atoms with Gasteiger partial charge in [0, 0.05) is 26.2 Å². The van der Waals surface area contributed by atoms with Crippen LogP contribution in [-0.2, 0) is 10.2 Å². The molecule has 0 aromatic carbocycles. The second-order valence-corrected chi connectivity index (χ2v) is 6.18. The lowest BCUT2D eigenvalue weighted by Gasteiger charge is -2.30. The molecule has 5 nitrogen and oxygen atoms in total. The van der Waals surface area contributed by atoms with E-state index in [1.54, 1.807) is 19.2 Å². The van der Waals surface area contributed by atoms with Crippen molar-refractivity contribution in [3.05, 3.63) is 12.2 Å². The number of nitrogens with zero attached hydrogens (tertiary/aromatic N) is 1. The van der Waals surface area contributed by atoms with Crippen molar-refractivity contribution in [3.8, 4) is 0 Å². The topological polar surface area (TPSA) is 75.4 Å². The summed E-state index contributed by atoms with van der Waals surface area (Å²) in [6, 6.07) is 0.153. The fourth-order valence-electron chi connectivity index (χ4n) is 2.08. The Morgan fingerprint density at radius 3 is 2.53 bits per heavy atom. The van der Waals surface area contributed by atoms with Crippen molar-refractivity contribution >= 4 is 10.2 Å². The molecule has 0 atom stereocenters. The minimum atomic E-state index is -3.35. The molecule has 100 valence electrons. The van der Waals surface area contributed by atoms with Crippen LogP contribution in [0.25, 0.3) is 0 Å². The zero-order chi connectivity index (χ0) is 12.7. The summed E-state index contributed by atoms with van der Waals surface area (Å²) in [4.78, 5) is 0. The third kappa shape index (κ3) is 4.75. The summed E-state index contributed by atoms with van der Waals surface area (Å²) in [6.45, 7) is 0.733. The summed E-state index contributed by atoms with van der Waals surface area (Å²) in [6.07, 6.45) is 8.87. The maximum Gasteiger partial charge on any atom is 0.279 e. The van der Waals surface area contributed by atoms with Crippen LogP contribution in [0.1, 0.15) is 32.1 Å². The molecule has 0 bridgehead atoms. The summed E-state index contributed by atoms with van der Waals surface area (Å²) < 4.78 is 27.9. The van der Waals surface area contributed by atoms with Crippen molar-refractivity contribution in [1.82, 2.24) is 9.03 Å². The molecule has 1 fully saturated rings. The minimum Gasteiger partial charge on any atom is -0.327 e. The van der Waals surface area contributed by atoms with Gasteiger partial charge in [-0.2, -0.15) is 17.4 Å². The van der Waals surface area contributed by atoms with Crippen molar-refractivity contribution in [2.45, 2.75) is 38.1 Å². The van der Waals surface area contributed by atoms with Crippen LogP contribution in [0.4, 0.5) is 0 Å². The lowest BCUT2D eigenvalue weighted by atomic mass is 9.96. The highest BCUT2D eigenvalue weighted by molar-refractivity contribution is 7.87. The molecule has 1 rings (SSSR count). The van der Waals surface area contributed by atoms with E-state index < -0.39 is 10.2 Å². The molecule has 17 heavy (non-hydrogen) atoms. The van der Waals surface area contributed by atoms with Gasteiger partial charge in [-0.05, 0) is 12.8 Å². The van der Waals surface area contributed by atoms with Crippen molar-refractivity contribution in [3.63, 3.8) is 0 Å². The van der Waals surface area contributed by atoms with Crippen LogP contribution in [0.2, 0.25) is 0 Å². The van der Waals surface area contributed by atoms with Gasteiger partial charge in [0.1, 0.15) is 0 Å². The fraction of sp³-hybridized carbons (Fsp3) is 0.818. The van der Waals surface area contributed by atoms with Crippen LogP contribution in [0.3, 0.4) is 0 Å². The highest BCUT2D eigenvalue weighted by atomic mass is 32.2. The highest BCUT2D eigenvalue weighted by Gasteiger charge is 2.26. The van der Waals surface area contributed by atoms with Crippen molar-refractivity contribution in [1.29, 1.82) is 0 Å². The molecule has 1 aliphatic rings. The van der Waals surface area contributed by atoms with Gasteiger partial charge < -0.3 is 5.73 Å². The van der Waals surface area contributed by atoms with Gasteiger partial charge in [-0.25, -0.2) is 0 Å². The van der Waals surface area contributed by atoms with E-state index in [0.29, 0.717) is 13.1 Å². The monoisotopic (exact) mass is 261 g/mol. The van der Waals surface area contributed by atoms with Crippen LogP contribution < -0.4 is 10.5 Å². The van der Waals surface area contributed by atoms with E-state index in [-0.39, 0.29) is 6.04 Å². The van der Waals surface area contributed by atoms with E-state index in [9.17, 15) is 8.42 Å². The Balaban J connectivity index is 2.47. The number of nitrogens with one attached hydrogen (secondary N) is 1. The van der Waals surface area contributed by atoms with Gasteiger partial charge >= 0.3 is 0 Å². The Kier molecular flexibility index (Phi) is 6.11.